The summed E-state index contributed by atoms with van der Waals surface area (Å²) in [7, 11) is -3.88. The number of aryl methyl sites for hydroxylation is 1. The Hall–Kier alpha value is -2.40. The van der Waals surface area contributed by atoms with Gasteiger partial charge in [-0.3, -0.25) is 0 Å². The van der Waals surface area contributed by atoms with E-state index in [1.54, 1.807) is 18.2 Å². The Morgan fingerprint density at radius 3 is 2.55 bits per heavy atom. The highest BCUT2D eigenvalue weighted by molar-refractivity contribution is 7.87. The molecule has 0 saturated heterocycles. The molecule has 3 rings (SSSR count). The van der Waals surface area contributed by atoms with Crippen molar-refractivity contribution in [3.8, 4) is 0 Å². The van der Waals surface area contributed by atoms with Crippen molar-refractivity contribution in [2.75, 3.05) is 0 Å². The van der Waals surface area contributed by atoms with Gasteiger partial charge in [-0.2, -0.15) is 8.42 Å². The number of benzene rings is 1. The normalized spacial score (nSPS) is 17.0. The van der Waals surface area contributed by atoms with Crippen LogP contribution in [-0.2, 0) is 14.3 Å². The summed E-state index contributed by atoms with van der Waals surface area (Å²) in [5, 5.41) is 0. The minimum absolute atomic E-state index is 0.0746. The smallest absolute Gasteiger partial charge is 0.340 e. The van der Waals surface area contributed by atoms with E-state index in [2.05, 4.69) is 4.99 Å². The zero-order valence-electron chi connectivity index (χ0n) is 12.1. The largest absolute Gasteiger partial charge is 0.358 e. The maximum Gasteiger partial charge on any atom is 0.340 e. The van der Waals surface area contributed by atoms with Gasteiger partial charge in [0.15, 0.2) is 0 Å². The van der Waals surface area contributed by atoms with Crippen molar-refractivity contribution in [1.29, 1.82) is 0 Å². The van der Waals surface area contributed by atoms with Crippen LogP contribution < -0.4 is 0 Å². The first-order valence-electron chi connectivity index (χ1n) is 6.87. The van der Waals surface area contributed by atoms with Gasteiger partial charge in [-0.25, -0.2) is 4.99 Å². The van der Waals surface area contributed by atoms with Crippen molar-refractivity contribution in [2.24, 2.45) is 4.99 Å². The van der Waals surface area contributed by atoms with Crippen LogP contribution in [0.4, 0.5) is 0 Å². The number of fused-ring (bicyclic) bond motifs is 2. The van der Waals surface area contributed by atoms with Crippen LogP contribution in [0.1, 0.15) is 12.0 Å². The third-order valence-electron chi connectivity index (χ3n) is 3.29. The van der Waals surface area contributed by atoms with Crippen molar-refractivity contribution in [3.05, 3.63) is 77.6 Å². The molecular weight excluding hydrogens is 298 g/mol. The molecule has 1 aromatic carbocycles. The lowest BCUT2D eigenvalue weighted by Crippen LogP contribution is -2.11. The second-order valence-corrected chi connectivity index (χ2v) is 6.64. The first-order chi connectivity index (χ1) is 10.5. The molecule has 22 heavy (non-hydrogen) atoms. The second-order valence-electron chi connectivity index (χ2n) is 5.10. The van der Waals surface area contributed by atoms with Gasteiger partial charge < -0.3 is 4.18 Å². The summed E-state index contributed by atoms with van der Waals surface area (Å²) in [5.41, 5.74) is 2.80. The molecule has 0 fully saturated rings. The van der Waals surface area contributed by atoms with E-state index in [1.807, 2.05) is 37.3 Å². The lowest BCUT2D eigenvalue weighted by atomic mass is 10.1. The zero-order chi connectivity index (χ0) is 15.6. The van der Waals surface area contributed by atoms with E-state index in [1.165, 1.54) is 12.1 Å². The maximum atomic E-state index is 12.3. The predicted molar refractivity (Wildman–Crippen MR) is 85.9 cm³/mol. The van der Waals surface area contributed by atoms with Gasteiger partial charge in [0.1, 0.15) is 4.90 Å². The van der Waals surface area contributed by atoms with Crippen LogP contribution in [0.15, 0.2) is 81.9 Å². The molecule has 112 valence electrons. The minimum Gasteiger partial charge on any atom is -0.358 e. The molecule has 1 aromatic rings. The molecule has 0 spiro atoms. The Morgan fingerprint density at radius 1 is 1.05 bits per heavy atom. The Balaban J connectivity index is 1.90. The molecule has 0 radical (unpaired) electrons. The molecule has 0 saturated carbocycles. The van der Waals surface area contributed by atoms with E-state index >= 15 is 0 Å². The molecule has 5 heteroatoms. The molecule has 1 aliphatic carbocycles. The van der Waals surface area contributed by atoms with Crippen molar-refractivity contribution in [3.63, 3.8) is 0 Å². The molecule has 1 aliphatic heterocycles. The van der Waals surface area contributed by atoms with Crippen LogP contribution >= 0.6 is 0 Å². The molecule has 2 aliphatic rings. The van der Waals surface area contributed by atoms with Crippen LogP contribution in [0, 0.1) is 6.92 Å². The summed E-state index contributed by atoms with van der Waals surface area (Å²) >= 11 is 0. The highest BCUT2D eigenvalue weighted by atomic mass is 32.2. The molecule has 0 atom stereocenters. The lowest BCUT2D eigenvalue weighted by molar-refractivity contribution is 0.483. The van der Waals surface area contributed by atoms with Crippen molar-refractivity contribution >= 4 is 16.0 Å². The number of rotatable bonds is 2. The van der Waals surface area contributed by atoms with Gasteiger partial charge in [0.05, 0.1) is 0 Å². The van der Waals surface area contributed by atoms with Gasteiger partial charge in [-0.1, -0.05) is 42.0 Å². The van der Waals surface area contributed by atoms with Gasteiger partial charge >= 0.3 is 10.1 Å². The van der Waals surface area contributed by atoms with Gasteiger partial charge in [-0.15, -0.1) is 0 Å². The first-order valence-corrected chi connectivity index (χ1v) is 8.28. The Bertz CT molecular complexity index is 838. The lowest BCUT2D eigenvalue weighted by Gasteiger charge is -2.07. The minimum atomic E-state index is -3.88. The molecular formula is C17H15NO3S. The van der Waals surface area contributed by atoms with Crippen LogP contribution in [0.3, 0.4) is 0 Å². The van der Waals surface area contributed by atoms with E-state index in [0.29, 0.717) is 6.42 Å². The van der Waals surface area contributed by atoms with Gasteiger partial charge in [0, 0.05) is 18.2 Å². The van der Waals surface area contributed by atoms with Gasteiger partial charge in [0.25, 0.3) is 0 Å². The number of aliphatic imine (C=N–C) groups is 1. The first kappa shape index (κ1) is 14.5. The second kappa shape index (κ2) is 5.77. The Morgan fingerprint density at radius 2 is 1.77 bits per heavy atom. The maximum absolute atomic E-state index is 12.3. The molecule has 1 heterocycles. The van der Waals surface area contributed by atoms with E-state index in [0.717, 1.165) is 16.8 Å². The summed E-state index contributed by atoms with van der Waals surface area (Å²) in [5.74, 6) is 0.0746. The Kier molecular flexibility index (Phi) is 3.81. The van der Waals surface area contributed by atoms with E-state index in [4.69, 9.17) is 4.18 Å². The SMILES string of the molecule is Cc1ccc(S(=O)(=O)OC2=NC3=CC=CC=C(C=C2)C3)cc1. The van der Waals surface area contributed by atoms with E-state index in [9.17, 15) is 8.42 Å². The average Bonchev–Trinajstić information content (AvgIpc) is 2.81. The van der Waals surface area contributed by atoms with Crippen molar-refractivity contribution in [2.45, 2.75) is 18.2 Å². The highest BCUT2D eigenvalue weighted by Crippen LogP contribution is 2.22. The third kappa shape index (κ3) is 3.26. The van der Waals surface area contributed by atoms with Gasteiger partial charge in [0.2, 0.25) is 5.90 Å². The zero-order valence-corrected chi connectivity index (χ0v) is 12.9. The molecule has 0 N–H and O–H groups in total. The van der Waals surface area contributed by atoms with E-state index < -0.39 is 10.1 Å². The van der Waals surface area contributed by atoms with Gasteiger partial charge in [-0.05, 0) is 30.7 Å². The highest BCUT2D eigenvalue weighted by Gasteiger charge is 2.19. The van der Waals surface area contributed by atoms with E-state index in [-0.39, 0.29) is 10.8 Å². The standard InChI is InChI=1S/C17H15NO3S/c1-13-6-9-16(10-7-13)22(19,20)21-17-11-8-14-4-2-3-5-15(12-14)18-17/h2-11H,12H2,1H3. The summed E-state index contributed by atoms with van der Waals surface area (Å²) < 4.78 is 29.8. The molecule has 4 nitrogen and oxygen atoms in total. The molecule has 2 bridgehead atoms. The predicted octanol–water partition coefficient (Wildman–Crippen LogP) is 3.44. The molecule has 0 aromatic heterocycles. The summed E-state index contributed by atoms with van der Waals surface area (Å²) in [6.45, 7) is 1.90. The molecule has 0 amide bonds. The third-order valence-corrected chi connectivity index (χ3v) is 4.53. The van der Waals surface area contributed by atoms with Crippen LogP contribution in [0.2, 0.25) is 0 Å². The quantitative estimate of drug-likeness (QED) is 0.786. The van der Waals surface area contributed by atoms with Crippen molar-refractivity contribution < 1.29 is 12.6 Å². The topological polar surface area (TPSA) is 55.7 Å². The number of allylic oxidation sites excluding steroid dienone is 6. The summed E-state index contributed by atoms with van der Waals surface area (Å²) in [6, 6.07) is 6.52. The Labute approximate surface area is 130 Å². The van der Waals surface area contributed by atoms with Crippen LogP contribution in [-0.4, -0.2) is 14.3 Å². The number of hydrogen-bond acceptors (Lipinski definition) is 4. The summed E-state index contributed by atoms with van der Waals surface area (Å²) in [4.78, 5) is 4.40. The van der Waals surface area contributed by atoms with Crippen molar-refractivity contribution in [1.82, 2.24) is 0 Å². The number of hydrogen-bond donors (Lipinski definition) is 0. The number of nitrogens with zero attached hydrogens (tertiary/aromatic N) is 1. The average molecular weight is 313 g/mol. The van der Waals surface area contributed by atoms with Crippen LogP contribution in [0.25, 0.3) is 0 Å². The fourth-order valence-corrected chi connectivity index (χ4v) is 3.02. The van der Waals surface area contributed by atoms with Crippen LogP contribution in [0.5, 0.6) is 0 Å². The summed E-state index contributed by atoms with van der Waals surface area (Å²) in [6.07, 6.45) is 11.7. The fraction of sp³-hybridized carbons (Fsp3) is 0.118. The monoisotopic (exact) mass is 313 g/mol. The molecule has 0 unspecified atom stereocenters. The fourth-order valence-electron chi connectivity index (χ4n) is 2.13.